The molecule has 0 amide bonds. The summed E-state index contributed by atoms with van der Waals surface area (Å²) in [6, 6.07) is 5.72. The van der Waals surface area contributed by atoms with Crippen LogP contribution in [0.3, 0.4) is 0 Å². The van der Waals surface area contributed by atoms with E-state index in [1.54, 1.807) is 6.92 Å². The zero-order valence-corrected chi connectivity index (χ0v) is 10.4. The van der Waals surface area contributed by atoms with Crippen molar-refractivity contribution in [2.24, 2.45) is 0 Å². The smallest absolute Gasteiger partial charge is 0.339 e. The molecule has 0 fully saturated rings. The lowest BCUT2D eigenvalue weighted by Crippen LogP contribution is -2.14. The van der Waals surface area contributed by atoms with Gasteiger partial charge in [0.05, 0.1) is 24.2 Å². The van der Waals surface area contributed by atoms with Gasteiger partial charge in [-0.2, -0.15) is 0 Å². The van der Waals surface area contributed by atoms with Crippen LogP contribution in [0.4, 0.5) is 0 Å². The number of benzene rings is 1. The summed E-state index contributed by atoms with van der Waals surface area (Å²) in [5.41, 5.74) is -0.178. The molecule has 1 N–H and O–H groups in total. The minimum absolute atomic E-state index is 0.0427. The Balaban J connectivity index is 2.59. The first-order chi connectivity index (χ1) is 9.06. The lowest BCUT2D eigenvalue weighted by molar-refractivity contribution is -0.143. The molecule has 1 aromatic carbocycles. The first-order valence-electron chi connectivity index (χ1n) is 5.71. The van der Waals surface area contributed by atoms with Crippen LogP contribution in [0.15, 0.2) is 24.3 Å². The van der Waals surface area contributed by atoms with Gasteiger partial charge in [-0.3, -0.25) is 4.79 Å². The van der Waals surface area contributed by atoms with Crippen LogP contribution in [0.2, 0.25) is 0 Å². The number of carbonyl (C=O) groups excluding carboxylic acids is 2. The topological polar surface area (TPSA) is 89.9 Å². The molecule has 0 unspecified atom stereocenters. The van der Waals surface area contributed by atoms with E-state index in [1.807, 2.05) is 0 Å². The zero-order valence-electron chi connectivity index (χ0n) is 10.4. The third-order valence-corrected chi connectivity index (χ3v) is 2.22. The minimum Gasteiger partial charge on any atom is -0.478 e. The van der Waals surface area contributed by atoms with Gasteiger partial charge in [0.1, 0.15) is 6.61 Å². The molecule has 0 aromatic heterocycles. The van der Waals surface area contributed by atoms with Crippen molar-refractivity contribution in [3.05, 3.63) is 35.4 Å². The van der Waals surface area contributed by atoms with Crippen LogP contribution in [0, 0.1) is 0 Å². The maximum Gasteiger partial charge on any atom is 0.339 e. The summed E-state index contributed by atoms with van der Waals surface area (Å²) in [5, 5.41) is 8.92. The summed E-state index contributed by atoms with van der Waals surface area (Å²) in [7, 11) is 0. The van der Waals surface area contributed by atoms with Crippen LogP contribution in [-0.4, -0.2) is 36.2 Å². The summed E-state index contributed by atoms with van der Waals surface area (Å²) in [4.78, 5) is 33.6. The maximum absolute atomic E-state index is 11.7. The van der Waals surface area contributed by atoms with Gasteiger partial charge in [-0.25, -0.2) is 9.59 Å². The monoisotopic (exact) mass is 266 g/mol. The molecule has 0 saturated carbocycles. The van der Waals surface area contributed by atoms with Gasteiger partial charge >= 0.3 is 17.9 Å². The number of carbonyl (C=O) groups is 3. The van der Waals surface area contributed by atoms with Crippen LogP contribution in [0.5, 0.6) is 0 Å². The number of esters is 2. The Labute approximate surface area is 109 Å². The molecule has 0 aliphatic carbocycles. The first-order valence-corrected chi connectivity index (χ1v) is 5.71. The third-order valence-electron chi connectivity index (χ3n) is 2.22. The quantitative estimate of drug-likeness (QED) is 0.784. The number of aromatic carboxylic acids is 1. The van der Waals surface area contributed by atoms with Crippen LogP contribution < -0.4 is 0 Å². The molecule has 0 bridgehead atoms. The van der Waals surface area contributed by atoms with Crippen molar-refractivity contribution in [3.63, 3.8) is 0 Å². The van der Waals surface area contributed by atoms with E-state index in [9.17, 15) is 14.4 Å². The second-order valence-electron chi connectivity index (χ2n) is 3.54. The fourth-order valence-electron chi connectivity index (χ4n) is 1.39. The highest BCUT2D eigenvalue weighted by Crippen LogP contribution is 2.10. The van der Waals surface area contributed by atoms with Crippen molar-refractivity contribution in [1.29, 1.82) is 0 Å². The van der Waals surface area contributed by atoms with E-state index in [0.717, 1.165) is 0 Å². The molecule has 0 aliphatic heterocycles. The van der Waals surface area contributed by atoms with Crippen molar-refractivity contribution in [1.82, 2.24) is 0 Å². The highest BCUT2D eigenvalue weighted by Gasteiger charge is 2.17. The van der Waals surface area contributed by atoms with E-state index in [2.05, 4.69) is 4.74 Å². The molecule has 19 heavy (non-hydrogen) atoms. The van der Waals surface area contributed by atoms with Crippen LogP contribution >= 0.6 is 0 Å². The Bertz CT molecular complexity index is 480. The van der Waals surface area contributed by atoms with Gasteiger partial charge in [0.2, 0.25) is 0 Å². The van der Waals surface area contributed by atoms with Gasteiger partial charge < -0.3 is 14.6 Å². The predicted molar refractivity (Wildman–Crippen MR) is 64.9 cm³/mol. The molecular weight excluding hydrogens is 252 g/mol. The van der Waals surface area contributed by atoms with Gasteiger partial charge in [0, 0.05) is 0 Å². The predicted octanol–water partition coefficient (Wildman–Crippen LogP) is 1.49. The van der Waals surface area contributed by atoms with E-state index < -0.39 is 17.9 Å². The largest absolute Gasteiger partial charge is 0.478 e. The average molecular weight is 266 g/mol. The molecule has 0 spiro atoms. The van der Waals surface area contributed by atoms with Crippen molar-refractivity contribution < 1.29 is 29.0 Å². The van der Waals surface area contributed by atoms with Crippen molar-refractivity contribution in [2.45, 2.75) is 13.3 Å². The van der Waals surface area contributed by atoms with Crippen LogP contribution in [0.25, 0.3) is 0 Å². The first kappa shape index (κ1) is 14.7. The van der Waals surface area contributed by atoms with E-state index in [0.29, 0.717) is 0 Å². The second kappa shape index (κ2) is 7.15. The standard InChI is InChI=1S/C13H14O6/c1-2-18-11(14)7-8-19-13(17)10-6-4-3-5-9(10)12(15)16/h3-6H,2,7-8H2,1H3,(H,15,16). The Morgan fingerprint density at radius 3 is 2.32 bits per heavy atom. The highest BCUT2D eigenvalue weighted by atomic mass is 16.5. The summed E-state index contributed by atoms with van der Waals surface area (Å²) in [5.74, 6) is -2.46. The van der Waals surface area contributed by atoms with Gasteiger partial charge in [-0.15, -0.1) is 0 Å². The van der Waals surface area contributed by atoms with Crippen molar-refractivity contribution in [2.75, 3.05) is 13.2 Å². The van der Waals surface area contributed by atoms with Crippen LogP contribution in [0.1, 0.15) is 34.1 Å². The van der Waals surface area contributed by atoms with Gasteiger partial charge in [0.15, 0.2) is 0 Å². The van der Waals surface area contributed by atoms with Gasteiger partial charge in [-0.05, 0) is 19.1 Å². The zero-order chi connectivity index (χ0) is 14.3. The van der Waals surface area contributed by atoms with Crippen LogP contribution in [-0.2, 0) is 14.3 Å². The Morgan fingerprint density at radius 2 is 1.74 bits per heavy atom. The van der Waals surface area contributed by atoms with Crippen molar-refractivity contribution in [3.8, 4) is 0 Å². The SMILES string of the molecule is CCOC(=O)CCOC(=O)c1ccccc1C(=O)O. The van der Waals surface area contributed by atoms with Gasteiger partial charge in [-0.1, -0.05) is 12.1 Å². The number of hydrogen-bond acceptors (Lipinski definition) is 5. The summed E-state index contributed by atoms with van der Waals surface area (Å²) in [6.45, 7) is 1.78. The lowest BCUT2D eigenvalue weighted by Gasteiger charge is -2.06. The van der Waals surface area contributed by atoms with E-state index in [-0.39, 0.29) is 30.8 Å². The Hall–Kier alpha value is -2.37. The second-order valence-corrected chi connectivity index (χ2v) is 3.54. The highest BCUT2D eigenvalue weighted by molar-refractivity contribution is 6.02. The number of carboxylic acid groups (broad SMARTS) is 1. The molecule has 0 aliphatic rings. The Kier molecular flexibility index (Phi) is 5.53. The lowest BCUT2D eigenvalue weighted by atomic mass is 10.1. The fraction of sp³-hybridized carbons (Fsp3) is 0.308. The molecule has 6 heteroatoms. The molecule has 6 nitrogen and oxygen atoms in total. The number of rotatable bonds is 6. The third kappa shape index (κ3) is 4.42. The summed E-state index contributed by atoms with van der Waals surface area (Å²) >= 11 is 0. The fourth-order valence-corrected chi connectivity index (χ4v) is 1.39. The number of ether oxygens (including phenoxy) is 2. The number of hydrogen-bond donors (Lipinski definition) is 1. The molecular formula is C13H14O6. The average Bonchev–Trinajstić information content (AvgIpc) is 2.38. The molecule has 1 rings (SSSR count). The van der Waals surface area contributed by atoms with E-state index in [4.69, 9.17) is 9.84 Å². The summed E-state index contributed by atoms with van der Waals surface area (Å²) < 4.78 is 9.50. The van der Waals surface area contributed by atoms with Crippen molar-refractivity contribution >= 4 is 17.9 Å². The Morgan fingerprint density at radius 1 is 1.11 bits per heavy atom. The molecule has 1 aromatic rings. The van der Waals surface area contributed by atoms with Gasteiger partial charge in [0.25, 0.3) is 0 Å². The maximum atomic E-state index is 11.7. The summed E-state index contributed by atoms with van der Waals surface area (Å²) in [6.07, 6.45) is -0.0607. The minimum atomic E-state index is -1.21. The molecule has 0 heterocycles. The molecule has 0 saturated heterocycles. The molecule has 102 valence electrons. The number of carboxylic acids is 1. The molecule has 0 radical (unpaired) electrons. The molecule has 0 atom stereocenters. The normalized spacial score (nSPS) is 9.74. The van der Waals surface area contributed by atoms with E-state index in [1.165, 1.54) is 24.3 Å². The van der Waals surface area contributed by atoms with E-state index >= 15 is 0 Å².